The lowest BCUT2D eigenvalue weighted by molar-refractivity contribution is -0.124. The minimum Gasteiger partial charge on any atom is -0.388 e. The van der Waals surface area contributed by atoms with Gasteiger partial charge in [0.25, 0.3) is 5.91 Å². The van der Waals surface area contributed by atoms with Gasteiger partial charge in [-0.25, -0.2) is 9.97 Å². The second kappa shape index (κ2) is 8.46. The van der Waals surface area contributed by atoms with Crippen LogP contribution in [-0.4, -0.2) is 57.2 Å². The number of nitrogens with zero attached hydrogens (tertiary/aromatic N) is 3. The number of aliphatic hydroxyl groups excluding tert-OH is 1. The fraction of sp³-hybridized carbons (Fsp3) is 0.368. The van der Waals surface area contributed by atoms with Crippen molar-refractivity contribution in [3.05, 3.63) is 52.8 Å². The van der Waals surface area contributed by atoms with Gasteiger partial charge in [0.05, 0.1) is 22.9 Å². The molecule has 148 valence electrons. The predicted octanol–water partition coefficient (Wildman–Crippen LogP) is 2.09. The Morgan fingerprint density at radius 2 is 2.07 bits per heavy atom. The average molecular weight is 421 g/mol. The van der Waals surface area contributed by atoms with E-state index in [0.717, 1.165) is 5.56 Å². The molecule has 0 spiro atoms. The third-order valence-electron chi connectivity index (χ3n) is 4.82. The highest BCUT2D eigenvalue weighted by Gasteiger charge is 2.45. The van der Waals surface area contributed by atoms with Crippen LogP contribution in [0.3, 0.4) is 0 Å². The lowest BCUT2D eigenvalue weighted by Crippen LogP contribution is -2.62. The molecule has 1 fully saturated rings. The van der Waals surface area contributed by atoms with Crippen LogP contribution in [0.4, 0.5) is 0 Å². The van der Waals surface area contributed by atoms with E-state index >= 15 is 0 Å². The molecule has 1 saturated heterocycles. The molecule has 0 unspecified atom stereocenters. The van der Waals surface area contributed by atoms with Gasteiger partial charge in [0.15, 0.2) is 10.9 Å². The highest BCUT2D eigenvalue weighted by molar-refractivity contribution is 7.98. The number of benzene rings is 1. The number of carbonyl (C=O) groups excluding carboxylic acids is 2. The van der Waals surface area contributed by atoms with Gasteiger partial charge in [-0.1, -0.05) is 53.7 Å². The zero-order chi connectivity index (χ0) is 20.3. The molecule has 2 atom stereocenters. The molecule has 7 nitrogen and oxygen atoms in total. The van der Waals surface area contributed by atoms with E-state index in [-0.39, 0.29) is 29.1 Å². The number of aliphatic hydroxyl groups is 1. The van der Waals surface area contributed by atoms with Crippen molar-refractivity contribution in [3.63, 3.8) is 0 Å². The Labute approximate surface area is 172 Å². The monoisotopic (exact) mass is 420 g/mol. The fourth-order valence-electron chi connectivity index (χ4n) is 3.47. The summed E-state index contributed by atoms with van der Waals surface area (Å²) < 4.78 is 0. The molecule has 1 aromatic heterocycles. The molecule has 0 radical (unpaired) electrons. The van der Waals surface area contributed by atoms with Crippen molar-refractivity contribution in [1.82, 2.24) is 20.2 Å². The first-order valence-electron chi connectivity index (χ1n) is 8.75. The van der Waals surface area contributed by atoms with E-state index < -0.39 is 11.6 Å². The number of aromatic nitrogens is 2. The summed E-state index contributed by atoms with van der Waals surface area (Å²) in [5.74, 6) is -0.614. The van der Waals surface area contributed by atoms with Gasteiger partial charge in [0.2, 0.25) is 5.91 Å². The summed E-state index contributed by atoms with van der Waals surface area (Å²) in [6.07, 6.45) is 2.59. The molecule has 28 heavy (non-hydrogen) atoms. The van der Waals surface area contributed by atoms with Gasteiger partial charge >= 0.3 is 0 Å². The minimum atomic E-state index is -0.989. The van der Waals surface area contributed by atoms with Crippen LogP contribution in [0.25, 0.3) is 0 Å². The summed E-state index contributed by atoms with van der Waals surface area (Å²) in [5.41, 5.74) is -0.0430. The van der Waals surface area contributed by atoms with Gasteiger partial charge in [-0.15, -0.1) is 0 Å². The summed E-state index contributed by atoms with van der Waals surface area (Å²) in [4.78, 5) is 34.6. The first kappa shape index (κ1) is 20.6. The molecule has 0 bridgehead atoms. The van der Waals surface area contributed by atoms with Crippen molar-refractivity contribution in [2.45, 2.75) is 30.1 Å². The fourth-order valence-corrected chi connectivity index (χ4v) is 3.98. The molecular weight excluding hydrogens is 400 g/mol. The maximum absolute atomic E-state index is 12.9. The van der Waals surface area contributed by atoms with E-state index in [4.69, 9.17) is 11.6 Å². The number of β-amino-alcohol motifs (C(OH)–C–C–N with tert-alkyl or cyclic N) is 1. The Bertz CT molecular complexity index is 883. The van der Waals surface area contributed by atoms with Crippen molar-refractivity contribution in [2.75, 3.05) is 19.3 Å². The van der Waals surface area contributed by atoms with Crippen molar-refractivity contribution in [3.8, 4) is 0 Å². The molecule has 2 amide bonds. The number of rotatable bonds is 4. The van der Waals surface area contributed by atoms with Crippen molar-refractivity contribution in [2.24, 2.45) is 0 Å². The third kappa shape index (κ3) is 3.99. The summed E-state index contributed by atoms with van der Waals surface area (Å²) in [7, 11) is 0. The Morgan fingerprint density at radius 1 is 1.36 bits per heavy atom. The van der Waals surface area contributed by atoms with Crippen LogP contribution in [0.15, 0.2) is 41.7 Å². The van der Waals surface area contributed by atoms with Crippen LogP contribution in [0.5, 0.6) is 0 Å². The molecule has 9 heteroatoms. The van der Waals surface area contributed by atoms with Crippen molar-refractivity contribution >= 4 is 35.2 Å². The summed E-state index contributed by atoms with van der Waals surface area (Å²) in [5, 5.41) is 14.5. The predicted molar refractivity (Wildman–Crippen MR) is 107 cm³/mol. The smallest absolute Gasteiger partial charge is 0.274 e. The third-order valence-corrected chi connectivity index (χ3v) is 5.66. The number of amides is 2. The molecule has 0 saturated carbocycles. The van der Waals surface area contributed by atoms with Crippen LogP contribution in [0.1, 0.15) is 29.4 Å². The molecule has 1 aliphatic heterocycles. The highest BCUT2D eigenvalue weighted by atomic mass is 35.5. The number of piperidine rings is 1. The zero-order valence-corrected chi connectivity index (χ0v) is 17.1. The highest BCUT2D eigenvalue weighted by Crippen LogP contribution is 2.34. The number of thioether (sulfide) groups is 1. The Kier molecular flexibility index (Phi) is 6.22. The van der Waals surface area contributed by atoms with Gasteiger partial charge in [-0.2, -0.15) is 0 Å². The van der Waals surface area contributed by atoms with Gasteiger partial charge in [-0.3, -0.25) is 9.59 Å². The Balaban J connectivity index is 1.87. The van der Waals surface area contributed by atoms with E-state index in [0.29, 0.717) is 18.1 Å². The molecule has 2 N–H and O–H groups in total. The van der Waals surface area contributed by atoms with E-state index in [9.17, 15) is 14.7 Å². The quantitative estimate of drug-likeness (QED) is 0.581. The lowest BCUT2D eigenvalue weighted by Gasteiger charge is -2.46. The number of likely N-dealkylation sites (tertiary alicyclic amines) is 1. The number of carbonyl (C=O) groups is 2. The Morgan fingerprint density at radius 3 is 2.68 bits per heavy atom. The minimum absolute atomic E-state index is 0.0446. The van der Waals surface area contributed by atoms with Gasteiger partial charge in [0, 0.05) is 20.0 Å². The van der Waals surface area contributed by atoms with E-state index in [2.05, 4.69) is 15.3 Å². The largest absolute Gasteiger partial charge is 0.388 e. The van der Waals surface area contributed by atoms with E-state index in [1.807, 2.05) is 36.6 Å². The molecular formula is C19H21ClN4O3S. The van der Waals surface area contributed by atoms with Crippen LogP contribution >= 0.6 is 23.4 Å². The number of halogens is 1. The first-order valence-corrected chi connectivity index (χ1v) is 10.4. The van der Waals surface area contributed by atoms with Crippen LogP contribution in [0, 0.1) is 0 Å². The molecule has 0 aliphatic carbocycles. The summed E-state index contributed by atoms with van der Waals surface area (Å²) in [6, 6.07) is 9.31. The SMILES string of the molecule is CSc1ncc(Cl)c(C(=O)N2CC[C@](NC(C)=O)(c3ccccc3)[C@H](O)C2)n1. The lowest BCUT2D eigenvalue weighted by atomic mass is 9.78. The Hall–Kier alpha value is -2.16. The maximum Gasteiger partial charge on any atom is 0.274 e. The molecule has 3 rings (SSSR count). The number of nitrogens with one attached hydrogen (secondary N) is 1. The maximum atomic E-state index is 12.9. The van der Waals surface area contributed by atoms with Crippen molar-refractivity contribution < 1.29 is 14.7 Å². The standard InChI is InChI=1S/C19H21ClN4O3S/c1-12(25)23-19(13-6-4-3-5-7-13)8-9-24(11-15(19)26)17(27)16-14(20)10-21-18(22-16)28-2/h3-7,10,15,26H,8-9,11H2,1-2H3,(H,23,25)/t15-,19+/m1/s1. The molecule has 1 aliphatic rings. The number of hydrogen-bond acceptors (Lipinski definition) is 6. The average Bonchev–Trinajstić information content (AvgIpc) is 2.69. The second-order valence-electron chi connectivity index (χ2n) is 6.59. The second-order valence-corrected chi connectivity index (χ2v) is 7.77. The first-order chi connectivity index (χ1) is 13.4. The normalized spacial score (nSPS) is 22.0. The molecule has 1 aromatic carbocycles. The zero-order valence-electron chi connectivity index (χ0n) is 15.6. The van der Waals surface area contributed by atoms with Gasteiger partial charge in [0.1, 0.15) is 0 Å². The van der Waals surface area contributed by atoms with Gasteiger partial charge < -0.3 is 15.3 Å². The van der Waals surface area contributed by atoms with Crippen LogP contribution in [0.2, 0.25) is 5.02 Å². The number of hydrogen-bond donors (Lipinski definition) is 2. The van der Waals surface area contributed by atoms with E-state index in [1.54, 1.807) is 0 Å². The summed E-state index contributed by atoms with van der Waals surface area (Å²) in [6.45, 7) is 1.79. The van der Waals surface area contributed by atoms with Crippen LogP contribution in [-0.2, 0) is 10.3 Å². The molecule has 2 aromatic rings. The van der Waals surface area contributed by atoms with E-state index in [1.165, 1.54) is 29.8 Å². The topological polar surface area (TPSA) is 95.4 Å². The van der Waals surface area contributed by atoms with Crippen LogP contribution < -0.4 is 5.32 Å². The van der Waals surface area contributed by atoms with Gasteiger partial charge in [-0.05, 0) is 18.2 Å². The molecule has 2 heterocycles. The summed E-state index contributed by atoms with van der Waals surface area (Å²) >= 11 is 7.43. The van der Waals surface area contributed by atoms with Crippen molar-refractivity contribution in [1.29, 1.82) is 0 Å².